The highest BCUT2D eigenvalue weighted by atomic mass is 19.1. The van der Waals surface area contributed by atoms with Crippen LogP contribution in [0, 0.1) is 17.6 Å². The van der Waals surface area contributed by atoms with Crippen molar-refractivity contribution in [3.8, 4) is 0 Å². The fourth-order valence-corrected chi connectivity index (χ4v) is 2.75. The molecule has 2 N–H and O–H groups in total. The number of hydrogen-bond donors (Lipinski definition) is 2. The number of carbonyl (C=O) groups is 4. The topological polar surface area (TPSA) is 105 Å². The van der Waals surface area contributed by atoms with Crippen LogP contribution in [0.5, 0.6) is 0 Å². The summed E-state index contributed by atoms with van der Waals surface area (Å²) in [7, 11) is 1.34. The standard InChI is InChI=1S/C18H21F2N3O5/c1-10(15(24)22-18(27)21-2)28-17(26)11-5-7-23(8-6-11)16(25)13-4-3-12(19)9-14(13)20/h3-4,9-11H,5-8H2,1-2H3,(H2,21,22,24,27). The number of nitrogens with zero attached hydrogens (tertiary/aromatic N) is 1. The van der Waals surface area contributed by atoms with Crippen LogP contribution in [0.3, 0.4) is 0 Å². The van der Waals surface area contributed by atoms with E-state index in [1.807, 2.05) is 5.32 Å². The van der Waals surface area contributed by atoms with Crippen molar-refractivity contribution >= 4 is 23.8 Å². The van der Waals surface area contributed by atoms with Gasteiger partial charge >= 0.3 is 12.0 Å². The minimum absolute atomic E-state index is 0.189. The zero-order valence-electron chi connectivity index (χ0n) is 15.5. The fraction of sp³-hybridized carbons (Fsp3) is 0.444. The molecule has 0 radical (unpaired) electrons. The van der Waals surface area contributed by atoms with Gasteiger partial charge in [0.05, 0.1) is 11.5 Å². The number of halogens is 2. The average molecular weight is 397 g/mol. The fourth-order valence-electron chi connectivity index (χ4n) is 2.75. The van der Waals surface area contributed by atoms with E-state index in [0.717, 1.165) is 12.1 Å². The summed E-state index contributed by atoms with van der Waals surface area (Å²) in [5, 5.41) is 4.21. The van der Waals surface area contributed by atoms with Crippen molar-refractivity contribution in [3.05, 3.63) is 35.4 Å². The van der Waals surface area contributed by atoms with E-state index in [4.69, 9.17) is 4.74 Å². The van der Waals surface area contributed by atoms with Gasteiger partial charge in [0, 0.05) is 26.2 Å². The molecule has 0 aromatic heterocycles. The van der Waals surface area contributed by atoms with E-state index >= 15 is 0 Å². The third-order valence-electron chi connectivity index (χ3n) is 4.40. The van der Waals surface area contributed by atoms with Crippen LogP contribution in [-0.2, 0) is 14.3 Å². The minimum Gasteiger partial charge on any atom is -0.452 e. The van der Waals surface area contributed by atoms with Crippen LogP contribution in [0.2, 0.25) is 0 Å². The van der Waals surface area contributed by atoms with Gasteiger partial charge in [-0.3, -0.25) is 19.7 Å². The molecule has 10 heteroatoms. The number of nitrogens with one attached hydrogen (secondary N) is 2. The van der Waals surface area contributed by atoms with E-state index in [2.05, 4.69) is 5.32 Å². The number of ether oxygens (including phenoxy) is 1. The number of amides is 4. The molecule has 0 saturated carbocycles. The second kappa shape index (κ2) is 9.25. The van der Waals surface area contributed by atoms with Crippen LogP contribution < -0.4 is 10.6 Å². The maximum absolute atomic E-state index is 13.8. The molecule has 28 heavy (non-hydrogen) atoms. The van der Waals surface area contributed by atoms with E-state index in [0.29, 0.717) is 6.07 Å². The first-order valence-corrected chi connectivity index (χ1v) is 8.70. The molecular weight excluding hydrogens is 376 g/mol. The van der Waals surface area contributed by atoms with Crippen molar-refractivity contribution in [3.63, 3.8) is 0 Å². The summed E-state index contributed by atoms with van der Waals surface area (Å²) in [5.41, 5.74) is -0.234. The van der Waals surface area contributed by atoms with Gasteiger partial charge in [-0.15, -0.1) is 0 Å². The van der Waals surface area contributed by atoms with Crippen molar-refractivity contribution in [2.24, 2.45) is 5.92 Å². The zero-order chi connectivity index (χ0) is 20.8. The molecule has 8 nitrogen and oxygen atoms in total. The Hall–Kier alpha value is -3.04. The molecule has 1 atom stereocenters. The first kappa shape index (κ1) is 21.3. The molecule has 1 heterocycles. The number of rotatable bonds is 4. The smallest absolute Gasteiger partial charge is 0.321 e. The third-order valence-corrected chi connectivity index (χ3v) is 4.40. The molecule has 0 bridgehead atoms. The summed E-state index contributed by atoms with van der Waals surface area (Å²) in [6, 6.07) is 2.02. The Morgan fingerprint density at radius 2 is 1.82 bits per heavy atom. The molecule has 1 unspecified atom stereocenters. The normalized spacial score (nSPS) is 15.5. The van der Waals surface area contributed by atoms with Crippen LogP contribution in [0.25, 0.3) is 0 Å². The van der Waals surface area contributed by atoms with E-state index < -0.39 is 47.5 Å². The van der Waals surface area contributed by atoms with Gasteiger partial charge in [0.15, 0.2) is 6.10 Å². The maximum atomic E-state index is 13.8. The molecule has 4 amide bonds. The van der Waals surface area contributed by atoms with Crippen LogP contribution in [0.1, 0.15) is 30.1 Å². The highest BCUT2D eigenvalue weighted by Gasteiger charge is 2.31. The Bertz CT molecular complexity index is 778. The molecule has 1 aromatic carbocycles. The van der Waals surface area contributed by atoms with Gasteiger partial charge in [-0.05, 0) is 31.9 Å². The third kappa shape index (κ3) is 5.24. The molecule has 2 rings (SSSR count). The highest BCUT2D eigenvalue weighted by molar-refractivity contribution is 5.97. The van der Waals surface area contributed by atoms with Crippen molar-refractivity contribution < 1.29 is 32.7 Å². The molecule has 0 aliphatic carbocycles. The number of hydrogen-bond acceptors (Lipinski definition) is 5. The largest absolute Gasteiger partial charge is 0.452 e. The van der Waals surface area contributed by atoms with Crippen molar-refractivity contribution in [1.82, 2.24) is 15.5 Å². The van der Waals surface area contributed by atoms with Gasteiger partial charge in [-0.25, -0.2) is 13.6 Å². The summed E-state index contributed by atoms with van der Waals surface area (Å²) in [5.74, 6) is -4.20. The summed E-state index contributed by atoms with van der Waals surface area (Å²) in [6.07, 6.45) is -0.605. The van der Waals surface area contributed by atoms with E-state index in [9.17, 15) is 28.0 Å². The SMILES string of the molecule is CNC(=O)NC(=O)C(C)OC(=O)C1CCN(C(=O)c2ccc(F)cc2F)CC1. The van der Waals surface area contributed by atoms with Crippen LogP contribution in [-0.4, -0.2) is 55.0 Å². The molecule has 0 spiro atoms. The predicted molar refractivity (Wildman–Crippen MR) is 93.1 cm³/mol. The van der Waals surface area contributed by atoms with Crippen LogP contribution in [0.15, 0.2) is 18.2 Å². The molecule has 1 fully saturated rings. The maximum Gasteiger partial charge on any atom is 0.321 e. The second-order valence-corrected chi connectivity index (χ2v) is 6.34. The Morgan fingerprint density at radius 3 is 2.39 bits per heavy atom. The van der Waals surface area contributed by atoms with Gasteiger partial charge in [0.2, 0.25) is 0 Å². The number of benzene rings is 1. The van der Waals surface area contributed by atoms with E-state index in [-0.39, 0.29) is 31.5 Å². The molecular formula is C18H21F2N3O5. The lowest BCUT2D eigenvalue weighted by Crippen LogP contribution is -2.45. The Kier molecular flexibility index (Phi) is 7.02. The number of urea groups is 1. The Labute approximate surface area is 160 Å². The molecule has 1 aliphatic rings. The van der Waals surface area contributed by atoms with Crippen LogP contribution >= 0.6 is 0 Å². The van der Waals surface area contributed by atoms with E-state index in [1.165, 1.54) is 18.9 Å². The Morgan fingerprint density at radius 1 is 1.18 bits per heavy atom. The summed E-state index contributed by atoms with van der Waals surface area (Å²) in [4.78, 5) is 48.8. The second-order valence-electron chi connectivity index (χ2n) is 6.34. The van der Waals surface area contributed by atoms with Crippen molar-refractivity contribution in [1.29, 1.82) is 0 Å². The first-order valence-electron chi connectivity index (χ1n) is 8.70. The first-order chi connectivity index (χ1) is 13.2. The van der Waals surface area contributed by atoms with Gasteiger partial charge in [0.25, 0.3) is 11.8 Å². The minimum atomic E-state index is -1.15. The van der Waals surface area contributed by atoms with Gasteiger partial charge in [-0.1, -0.05) is 0 Å². The summed E-state index contributed by atoms with van der Waals surface area (Å²) >= 11 is 0. The van der Waals surface area contributed by atoms with Crippen LogP contribution in [0.4, 0.5) is 13.6 Å². The summed E-state index contributed by atoms with van der Waals surface area (Å²) < 4.78 is 31.8. The van der Waals surface area contributed by atoms with Gasteiger partial charge in [0.1, 0.15) is 11.6 Å². The lowest BCUT2D eigenvalue weighted by atomic mass is 9.96. The highest BCUT2D eigenvalue weighted by Crippen LogP contribution is 2.22. The molecule has 1 saturated heterocycles. The zero-order valence-corrected chi connectivity index (χ0v) is 15.5. The quantitative estimate of drug-likeness (QED) is 0.743. The van der Waals surface area contributed by atoms with E-state index in [1.54, 1.807) is 0 Å². The van der Waals surface area contributed by atoms with Gasteiger partial charge in [-0.2, -0.15) is 0 Å². The average Bonchev–Trinajstić information content (AvgIpc) is 2.67. The monoisotopic (exact) mass is 397 g/mol. The number of imide groups is 1. The molecule has 152 valence electrons. The predicted octanol–water partition coefficient (Wildman–Crippen LogP) is 1.20. The number of carbonyl (C=O) groups excluding carboxylic acids is 4. The van der Waals surface area contributed by atoms with Crippen molar-refractivity contribution in [2.45, 2.75) is 25.9 Å². The molecule has 1 aliphatic heterocycles. The number of likely N-dealkylation sites (tertiary alicyclic amines) is 1. The number of piperidine rings is 1. The summed E-state index contributed by atoms with van der Waals surface area (Å²) in [6.45, 7) is 1.72. The van der Waals surface area contributed by atoms with Gasteiger partial charge < -0.3 is 15.0 Å². The molecule has 1 aromatic rings. The Balaban J connectivity index is 1.87. The lowest BCUT2D eigenvalue weighted by molar-refractivity contribution is -0.159. The number of esters is 1. The van der Waals surface area contributed by atoms with Crippen molar-refractivity contribution in [2.75, 3.05) is 20.1 Å². The lowest BCUT2D eigenvalue weighted by Gasteiger charge is -2.31.